The maximum absolute atomic E-state index is 12.5. The average Bonchev–Trinajstić information content (AvgIpc) is 3.33. The molecule has 27 heavy (non-hydrogen) atoms. The van der Waals surface area contributed by atoms with Crippen molar-refractivity contribution in [2.75, 3.05) is 31.6 Å². The molecule has 1 aromatic heterocycles. The summed E-state index contributed by atoms with van der Waals surface area (Å²) in [6, 6.07) is 18.5. The number of hydrogen-bond donors (Lipinski definition) is 1. The highest BCUT2D eigenvalue weighted by atomic mass is 16.2. The van der Waals surface area contributed by atoms with Gasteiger partial charge >= 0.3 is 0 Å². The predicted molar refractivity (Wildman–Crippen MR) is 109 cm³/mol. The molecule has 1 atom stereocenters. The minimum absolute atomic E-state index is 0.189. The molecule has 2 heterocycles. The highest BCUT2D eigenvalue weighted by Crippen LogP contribution is 2.24. The Bertz CT molecular complexity index is 872. The monoisotopic (exact) mass is 362 g/mol. The van der Waals surface area contributed by atoms with Gasteiger partial charge in [-0.15, -0.1) is 0 Å². The summed E-state index contributed by atoms with van der Waals surface area (Å²) in [5.41, 5.74) is 3.26. The van der Waals surface area contributed by atoms with Crippen LogP contribution >= 0.6 is 0 Å². The Hall–Kier alpha value is -2.82. The first-order chi connectivity index (χ1) is 13.2. The van der Waals surface area contributed by atoms with Crippen molar-refractivity contribution in [3.63, 3.8) is 0 Å². The number of aromatic amines is 1. The molecule has 140 valence electrons. The van der Waals surface area contributed by atoms with Crippen molar-refractivity contribution in [2.24, 2.45) is 5.92 Å². The first kappa shape index (κ1) is 17.6. The molecule has 1 aliphatic heterocycles. The van der Waals surface area contributed by atoms with Crippen LogP contribution in [0.1, 0.15) is 18.7 Å². The van der Waals surface area contributed by atoms with Crippen molar-refractivity contribution in [2.45, 2.75) is 19.3 Å². The van der Waals surface area contributed by atoms with E-state index in [0.717, 1.165) is 42.9 Å². The van der Waals surface area contributed by atoms with Crippen LogP contribution in [0.15, 0.2) is 54.6 Å². The summed E-state index contributed by atoms with van der Waals surface area (Å²) in [4.78, 5) is 24.7. The van der Waals surface area contributed by atoms with Crippen LogP contribution in [0.4, 0.5) is 5.69 Å². The molecule has 5 nitrogen and oxygen atoms in total. The lowest BCUT2D eigenvalue weighted by Gasteiger charge is -2.22. The Labute approximate surface area is 160 Å². The second kappa shape index (κ2) is 7.82. The molecule has 1 saturated heterocycles. The number of anilines is 1. The molecule has 0 spiro atoms. The Morgan fingerprint density at radius 1 is 1.19 bits per heavy atom. The number of aryl methyl sites for hydroxylation is 1. The molecule has 3 aromatic rings. The predicted octanol–water partition coefficient (Wildman–Crippen LogP) is 3.48. The second-order valence-corrected chi connectivity index (χ2v) is 7.41. The van der Waals surface area contributed by atoms with Gasteiger partial charge in [-0.05, 0) is 36.6 Å². The number of carbonyl (C=O) groups excluding carboxylic acids is 1. The van der Waals surface area contributed by atoms with E-state index in [2.05, 4.69) is 39.1 Å². The molecule has 2 aromatic carbocycles. The van der Waals surface area contributed by atoms with Gasteiger partial charge in [-0.25, -0.2) is 4.98 Å². The highest BCUT2D eigenvalue weighted by molar-refractivity contribution is 5.77. The van der Waals surface area contributed by atoms with Crippen LogP contribution in [0.2, 0.25) is 0 Å². The summed E-state index contributed by atoms with van der Waals surface area (Å²) in [5, 5.41) is 0. The number of benzene rings is 2. The van der Waals surface area contributed by atoms with E-state index >= 15 is 0 Å². The van der Waals surface area contributed by atoms with Crippen molar-refractivity contribution < 1.29 is 4.79 Å². The number of nitrogens with zero attached hydrogens (tertiary/aromatic N) is 3. The van der Waals surface area contributed by atoms with Crippen molar-refractivity contribution in [1.29, 1.82) is 0 Å². The molecule has 0 aliphatic carbocycles. The summed E-state index contributed by atoms with van der Waals surface area (Å²) >= 11 is 0. The van der Waals surface area contributed by atoms with Crippen molar-refractivity contribution in [1.82, 2.24) is 14.9 Å². The Kier molecular flexibility index (Phi) is 5.10. The van der Waals surface area contributed by atoms with E-state index in [1.807, 2.05) is 42.3 Å². The molecule has 1 fully saturated rings. The van der Waals surface area contributed by atoms with E-state index in [1.165, 1.54) is 5.69 Å². The zero-order chi connectivity index (χ0) is 18.6. The van der Waals surface area contributed by atoms with Crippen molar-refractivity contribution >= 4 is 22.6 Å². The number of carbonyl (C=O) groups is 1. The number of amides is 1. The highest BCUT2D eigenvalue weighted by Gasteiger charge is 2.25. The fraction of sp³-hybridized carbons (Fsp3) is 0.364. The molecular formula is C22H26N4O. The molecule has 5 heteroatoms. The topological polar surface area (TPSA) is 52.2 Å². The third-order valence-corrected chi connectivity index (χ3v) is 5.38. The van der Waals surface area contributed by atoms with Gasteiger partial charge in [0.05, 0.1) is 11.0 Å². The zero-order valence-corrected chi connectivity index (χ0v) is 15.8. The van der Waals surface area contributed by atoms with Gasteiger partial charge in [0.25, 0.3) is 0 Å². The van der Waals surface area contributed by atoms with Gasteiger partial charge in [0.15, 0.2) is 0 Å². The number of rotatable bonds is 6. The molecule has 1 aliphatic rings. The van der Waals surface area contributed by atoms with Crippen LogP contribution in [0, 0.1) is 5.92 Å². The summed E-state index contributed by atoms with van der Waals surface area (Å²) < 4.78 is 0. The van der Waals surface area contributed by atoms with E-state index in [1.54, 1.807) is 0 Å². The van der Waals surface area contributed by atoms with E-state index in [-0.39, 0.29) is 5.91 Å². The molecule has 0 bridgehead atoms. The first-order valence-corrected chi connectivity index (χ1v) is 9.66. The average molecular weight is 362 g/mol. The zero-order valence-electron chi connectivity index (χ0n) is 15.8. The van der Waals surface area contributed by atoms with Crippen LogP contribution in [-0.2, 0) is 11.2 Å². The lowest BCUT2D eigenvalue weighted by molar-refractivity contribution is -0.130. The molecular weight excluding hydrogens is 336 g/mol. The number of nitrogens with one attached hydrogen (secondary N) is 1. The summed E-state index contributed by atoms with van der Waals surface area (Å²) in [6.45, 7) is 2.91. The van der Waals surface area contributed by atoms with Gasteiger partial charge in [-0.2, -0.15) is 0 Å². The Morgan fingerprint density at radius 3 is 2.78 bits per heavy atom. The smallest absolute Gasteiger partial charge is 0.222 e. The normalized spacial score (nSPS) is 16.8. The van der Waals surface area contributed by atoms with E-state index in [0.29, 0.717) is 18.8 Å². The standard InChI is InChI=1S/C22H26N4O/c1-25(15-17-13-14-26(16-17)18-7-3-2-4-8-18)22(27)12-11-21-23-19-9-5-6-10-20(19)24-21/h2-10,17H,11-16H2,1H3,(H,23,24)/t17-/m1/s1. The van der Waals surface area contributed by atoms with E-state index < -0.39 is 0 Å². The maximum atomic E-state index is 12.5. The summed E-state index contributed by atoms with van der Waals surface area (Å²) in [6.07, 6.45) is 2.28. The molecule has 0 saturated carbocycles. The van der Waals surface area contributed by atoms with Gasteiger partial charge in [-0.1, -0.05) is 30.3 Å². The quantitative estimate of drug-likeness (QED) is 0.730. The summed E-state index contributed by atoms with van der Waals surface area (Å²) in [5.74, 6) is 1.60. The van der Waals surface area contributed by atoms with Crippen LogP contribution < -0.4 is 4.90 Å². The Morgan fingerprint density at radius 2 is 1.96 bits per heavy atom. The van der Waals surface area contributed by atoms with Crippen molar-refractivity contribution in [3.05, 3.63) is 60.4 Å². The Balaban J connectivity index is 1.27. The number of fused-ring (bicyclic) bond motifs is 1. The number of imidazole rings is 1. The number of hydrogen-bond acceptors (Lipinski definition) is 3. The minimum Gasteiger partial charge on any atom is -0.371 e. The lowest BCUT2D eigenvalue weighted by Crippen LogP contribution is -2.33. The first-order valence-electron chi connectivity index (χ1n) is 9.66. The fourth-order valence-electron chi connectivity index (χ4n) is 3.88. The third-order valence-electron chi connectivity index (χ3n) is 5.38. The lowest BCUT2D eigenvalue weighted by atomic mass is 10.1. The number of H-pyrrole nitrogens is 1. The SMILES string of the molecule is CN(C[C@H]1CCN(c2ccccc2)C1)C(=O)CCc1nc2ccccc2[nH]1. The largest absolute Gasteiger partial charge is 0.371 e. The van der Waals surface area contributed by atoms with Crippen LogP contribution in [0.3, 0.4) is 0 Å². The van der Waals surface area contributed by atoms with Crippen LogP contribution in [0.5, 0.6) is 0 Å². The number of aromatic nitrogens is 2. The molecule has 4 rings (SSSR count). The third kappa shape index (κ3) is 4.13. The van der Waals surface area contributed by atoms with Gasteiger partial charge in [0.1, 0.15) is 5.82 Å². The van der Waals surface area contributed by atoms with E-state index in [9.17, 15) is 4.79 Å². The molecule has 1 N–H and O–H groups in total. The van der Waals surface area contributed by atoms with Crippen LogP contribution in [0.25, 0.3) is 11.0 Å². The van der Waals surface area contributed by atoms with Crippen molar-refractivity contribution in [3.8, 4) is 0 Å². The molecule has 0 unspecified atom stereocenters. The minimum atomic E-state index is 0.189. The fourth-order valence-corrected chi connectivity index (χ4v) is 3.88. The van der Waals surface area contributed by atoms with Crippen LogP contribution in [-0.4, -0.2) is 47.5 Å². The molecule has 1 amide bonds. The van der Waals surface area contributed by atoms with Gasteiger partial charge < -0.3 is 14.8 Å². The van der Waals surface area contributed by atoms with Gasteiger partial charge in [-0.3, -0.25) is 4.79 Å². The second-order valence-electron chi connectivity index (χ2n) is 7.41. The molecule has 0 radical (unpaired) electrons. The summed E-state index contributed by atoms with van der Waals surface area (Å²) in [7, 11) is 1.92. The number of para-hydroxylation sites is 3. The van der Waals surface area contributed by atoms with Gasteiger partial charge in [0.2, 0.25) is 5.91 Å². The van der Waals surface area contributed by atoms with Gasteiger partial charge in [0, 0.05) is 45.2 Å². The van der Waals surface area contributed by atoms with E-state index in [4.69, 9.17) is 0 Å². The maximum Gasteiger partial charge on any atom is 0.222 e.